The predicted molar refractivity (Wildman–Crippen MR) is 134 cm³/mol. The summed E-state index contributed by atoms with van der Waals surface area (Å²) in [5.74, 6) is 0.353. The van der Waals surface area contributed by atoms with Crippen LogP contribution >= 0.6 is 0 Å². The summed E-state index contributed by atoms with van der Waals surface area (Å²) in [6.07, 6.45) is 5.73. The van der Waals surface area contributed by atoms with Gasteiger partial charge < -0.3 is 19.2 Å². The number of carbonyl (C=O) groups excluding carboxylic acids is 2. The molecular formula is C28H26FN5O3. The largest absolute Gasteiger partial charge is 0.459 e. The highest BCUT2D eigenvalue weighted by Crippen LogP contribution is 2.29. The molecule has 2 aliphatic heterocycles. The first kappa shape index (κ1) is 23.1. The number of hydrogen-bond acceptors (Lipinski definition) is 5. The summed E-state index contributed by atoms with van der Waals surface area (Å²) in [5.41, 5.74) is 2.72. The molecule has 8 nitrogen and oxygen atoms in total. The molecule has 0 saturated carbocycles. The molecule has 37 heavy (non-hydrogen) atoms. The summed E-state index contributed by atoms with van der Waals surface area (Å²) in [5, 5.41) is 11.5. The van der Waals surface area contributed by atoms with Crippen molar-refractivity contribution in [2.45, 2.75) is 51.2 Å². The average Bonchev–Trinajstić information content (AvgIpc) is 3.54. The van der Waals surface area contributed by atoms with Crippen LogP contribution in [0.25, 0.3) is 11.4 Å². The Kier molecular flexibility index (Phi) is 6.04. The van der Waals surface area contributed by atoms with E-state index in [1.807, 2.05) is 28.8 Å². The van der Waals surface area contributed by atoms with E-state index in [-0.39, 0.29) is 29.7 Å². The molecule has 2 aliphatic rings. The van der Waals surface area contributed by atoms with Gasteiger partial charge in [0.15, 0.2) is 11.6 Å². The zero-order valence-electron chi connectivity index (χ0n) is 20.2. The molecule has 0 bridgehead atoms. The van der Waals surface area contributed by atoms with Gasteiger partial charge in [-0.1, -0.05) is 30.7 Å². The smallest absolute Gasteiger partial charge is 0.290 e. The Bertz CT molecular complexity index is 1460. The molecule has 0 saturated heterocycles. The Morgan fingerprint density at radius 3 is 2.70 bits per heavy atom. The maximum atomic E-state index is 14.9. The van der Waals surface area contributed by atoms with Crippen LogP contribution in [0.5, 0.6) is 0 Å². The van der Waals surface area contributed by atoms with Crippen LogP contribution < -0.4 is 5.32 Å². The van der Waals surface area contributed by atoms with E-state index in [9.17, 15) is 14.0 Å². The molecule has 2 amide bonds. The van der Waals surface area contributed by atoms with Crippen LogP contribution in [0.4, 0.5) is 10.1 Å². The first-order valence-electron chi connectivity index (χ1n) is 12.5. The zero-order valence-corrected chi connectivity index (χ0v) is 20.2. The molecule has 1 N–H and O–H groups in total. The van der Waals surface area contributed by atoms with Gasteiger partial charge in [0, 0.05) is 31.6 Å². The lowest BCUT2D eigenvalue weighted by molar-refractivity contribution is -0.121. The van der Waals surface area contributed by atoms with Crippen LogP contribution in [0, 0.1) is 5.82 Å². The number of furan rings is 1. The normalized spacial score (nSPS) is 17.0. The lowest BCUT2D eigenvalue weighted by Gasteiger charge is -2.35. The van der Waals surface area contributed by atoms with Gasteiger partial charge in [-0.2, -0.15) is 0 Å². The van der Waals surface area contributed by atoms with Crippen molar-refractivity contribution in [1.82, 2.24) is 19.7 Å². The molecule has 2 aromatic heterocycles. The molecule has 1 unspecified atom stereocenters. The molecule has 4 aromatic rings. The van der Waals surface area contributed by atoms with Crippen LogP contribution in [0.2, 0.25) is 0 Å². The van der Waals surface area contributed by atoms with Crippen molar-refractivity contribution in [3.63, 3.8) is 0 Å². The van der Waals surface area contributed by atoms with E-state index in [4.69, 9.17) is 4.42 Å². The average molecular weight is 500 g/mol. The van der Waals surface area contributed by atoms with Crippen molar-refractivity contribution >= 4 is 17.5 Å². The number of fused-ring (bicyclic) bond motifs is 2. The lowest BCUT2D eigenvalue weighted by atomic mass is 9.93. The number of amides is 2. The fourth-order valence-corrected chi connectivity index (χ4v) is 5.20. The van der Waals surface area contributed by atoms with Crippen molar-refractivity contribution in [3.8, 4) is 11.4 Å². The van der Waals surface area contributed by atoms with E-state index in [0.717, 1.165) is 49.2 Å². The molecule has 0 aliphatic carbocycles. The summed E-state index contributed by atoms with van der Waals surface area (Å²) in [4.78, 5) is 28.3. The number of benzene rings is 2. The standard InChI is InChI=1S/C28H26FN5O3/c29-22-12-11-20(16-21(22)26-32-31-25-10-2-1-5-13-33(25)26)30-27(35)23-15-18-7-3-4-8-19(18)17-34(23)28(36)24-9-6-14-37-24/h3-4,6-9,11-12,14,16,23H,1-2,5,10,13,15,17H2,(H,30,35). The third-order valence-electron chi connectivity index (χ3n) is 7.13. The second-order valence-electron chi connectivity index (χ2n) is 9.48. The molecule has 1 atom stereocenters. The fourth-order valence-electron chi connectivity index (χ4n) is 5.20. The number of carbonyl (C=O) groups is 2. The van der Waals surface area contributed by atoms with Gasteiger partial charge in [-0.25, -0.2) is 4.39 Å². The lowest BCUT2D eigenvalue weighted by Crippen LogP contribution is -2.50. The van der Waals surface area contributed by atoms with E-state index in [0.29, 0.717) is 17.9 Å². The van der Waals surface area contributed by atoms with Crippen LogP contribution in [-0.4, -0.2) is 37.5 Å². The van der Waals surface area contributed by atoms with Gasteiger partial charge in [0.05, 0.1) is 11.8 Å². The van der Waals surface area contributed by atoms with Gasteiger partial charge in [-0.15, -0.1) is 10.2 Å². The first-order chi connectivity index (χ1) is 18.1. The predicted octanol–water partition coefficient (Wildman–Crippen LogP) is 4.61. The second kappa shape index (κ2) is 9.65. The van der Waals surface area contributed by atoms with Crippen molar-refractivity contribution in [1.29, 1.82) is 0 Å². The summed E-state index contributed by atoms with van der Waals surface area (Å²) in [6.45, 7) is 1.02. The highest BCUT2D eigenvalue weighted by Gasteiger charge is 2.36. The van der Waals surface area contributed by atoms with E-state index in [1.54, 1.807) is 18.2 Å². The summed E-state index contributed by atoms with van der Waals surface area (Å²) >= 11 is 0. The van der Waals surface area contributed by atoms with Crippen LogP contribution in [0.1, 0.15) is 46.8 Å². The van der Waals surface area contributed by atoms with Crippen LogP contribution in [0.3, 0.4) is 0 Å². The van der Waals surface area contributed by atoms with E-state index >= 15 is 0 Å². The minimum Gasteiger partial charge on any atom is -0.459 e. The van der Waals surface area contributed by atoms with Gasteiger partial charge in [-0.3, -0.25) is 9.59 Å². The molecule has 0 radical (unpaired) electrons. The van der Waals surface area contributed by atoms with Crippen molar-refractivity contribution < 1.29 is 18.4 Å². The van der Waals surface area contributed by atoms with Gasteiger partial charge >= 0.3 is 0 Å². The van der Waals surface area contributed by atoms with Gasteiger partial charge in [0.2, 0.25) is 5.91 Å². The maximum Gasteiger partial charge on any atom is 0.290 e. The summed E-state index contributed by atoms with van der Waals surface area (Å²) < 4.78 is 22.2. The molecule has 0 spiro atoms. The van der Waals surface area contributed by atoms with E-state index in [1.165, 1.54) is 23.3 Å². The Labute approximate surface area is 213 Å². The molecule has 0 fully saturated rings. The highest BCUT2D eigenvalue weighted by atomic mass is 19.1. The highest BCUT2D eigenvalue weighted by molar-refractivity contribution is 6.00. The molecule has 9 heteroatoms. The minimum absolute atomic E-state index is 0.175. The molecule has 4 heterocycles. The topological polar surface area (TPSA) is 93.3 Å². The van der Waals surface area contributed by atoms with Crippen LogP contribution in [-0.2, 0) is 30.7 Å². The quantitative estimate of drug-likeness (QED) is 0.443. The third kappa shape index (κ3) is 4.41. The first-order valence-corrected chi connectivity index (χ1v) is 12.5. The van der Waals surface area contributed by atoms with Crippen molar-refractivity contribution in [3.05, 3.63) is 89.4 Å². The summed E-state index contributed by atoms with van der Waals surface area (Å²) in [6, 6.07) is 14.7. The third-order valence-corrected chi connectivity index (χ3v) is 7.13. The number of hydrogen-bond donors (Lipinski definition) is 1. The van der Waals surface area contributed by atoms with Crippen LogP contribution in [0.15, 0.2) is 65.3 Å². The van der Waals surface area contributed by atoms with E-state index < -0.39 is 11.9 Å². The number of aryl methyl sites for hydroxylation is 1. The fraction of sp³-hybridized carbons (Fsp3) is 0.286. The van der Waals surface area contributed by atoms with Gasteiger partial charge in [0.1, 0.15) is 17.7 Å². The molecular weight excluding hydrogens is 473 g/mol. The molecule has 6 rings (SSSR count). The Balaban J connectivity index is 1.29. The SMILES string of the molecule is O=C(Nc1ccc(F)c(-c2nnc3n2CCCCC3)c1)C1Cc2ccccc2CN1C(=O)c1ccco1. The second-order valence-corrected chi connectivity index (χ2v) is 9.48. The van der Waals surface area contributed by atoms with Crippen molar-refractivity contribution in [2.24, 2.45) is 0 Å². The Morgan fingerprint density at radius 2 is 1.86 bits per heavy atom. The number of nitrogens with zero attached hydrogens (tertiary/aromatic N) is 4. The van der Waals surface area contributed by atoms with Gasteiger partial charge in [-0.05, 0) is 54.3 Å². The number of anilines is 1. The van der Waals surface area contributed by atoms with Gasteiger partial charge in [0.25, 0.3) is 5.91 Å². The summed E-state index contributed by atoms with van der Waals surface area (Å²) in [7, 11) is 0. The molecule has 188 valence electrons. The minimum atomic E-state index is -0.759. The number of rotatable bonds is 4. The zero-order chi connectivity index (χ0) is 25.4. The Morgan fingerprint density at radius 1 is 1.00 bits per heavy atom. The molecule has 2 aromatic carbocycles. The number of halogens is 1. The number of nitrogens with one attached hydrogen (secondary N) is 1. The van der Waals surface area contributed by atoms with E-state index in [2.05, 4.69) is 15.5 Å². The number of aromatic nitrogens is 3. The maximum absolute atomic E-state index is 14.9. The monoisotopic (exact) mass is 499 g/mol. The van der Waals surface area contributed by atoms with Crippen molar-refractivity contribution in [2.75, 3.05) is 5.32 Å². The Hall–Kier alpha value is -4.27.